The highest BCUT2D eigenvalue weighted by Gasteiger charge is 2.35. The lowest BCUT2D eigenvalue weighted by Gasteiger charge is -2.38. The van der Waals surface area contributed by atoms with Crippen LogP contribution in [0.3, 0.4) is 0 Å². The van der Waals surface area contributed by atoms with Crippen molar-refractivity contribution in [3.63, 3.8) is 0 Å². The summed E-state index contributed by atoms with van der Waals surface area (Å²) in [7, 11) is 4.10. The number of ether oxygens (including phenoxy) is 1. The first-order chi connectivity index (χ1) is 14.0. The van der Waals surface area contributed by atoms with E-state index >= 15 is 0 Å². The van der Waals surface area contributed by atoms with E-state index in [-0.39, 0.29) is 17.9 Å². The lowest BCUT2D eigenvalue weighted by atomic mass is 10.1. The number of rotatable bonds is 6. The van der Waals surface area contributed by atoms with Gasteiger partial charge in [0.05, 0.1) is 13.1 Å². The van der Waals surface area contributed by atoms with Crippen LogP contribution in [-0.2, 0) is 6.54 Å². The normalized spacial score (nSPS) is 14.1. The first kappa shape index (κ1) is 19.1. The lowest BCUT2D eigenvalue weighted by Crippen LogP contribution is -2.56. The summed E-state index contributed by atoms with van der Waals surface area (Å²) < 4.78 is 11.6. The molecule has 29 heavy (non-hydrogen) atoms. The van der Waals surface area contributed by atoms with Gasteiger partial charge in [0, 0.05) is 12.1 Å². The average Bonchev–Trinajstić information content (AvgIpc) is 3.16. The summed E-state index contributed by atoms with van der Waals surface area (Å²) in [4.78, 5) is 16.3. The standard InChI is InChI=1S/C22H24N4O3/c1-15-11-18(10-9-17(15)12-25(2)3)28-19-13-26(14-19)22(27)21-24-23-20(29-21)16-7-5-4-6-8-16/h4-11,19H,12-14H2,1-3H3. The van der Waals surface area contributed by atoms with Crippen molar-refractivity contribution in [2.24, 2.45) is 0 Å². The van der Waals surface area contributed by atoms with Gasteiger partial charge >= 0.3 is 11.8 Å². The van der Waals surface area contributed by atoms with E-state index in [2.05, 4.69) is 42.2 Å². The fourth-order valence-electron chi connectivity index (χ4n) is 3.27. The zero-order valence-corrected chi connectivity index (χ0v) is 16.8. The summed E-state index contributed by atoms with van der Waals surface area (Å²) in [6.45, 7) is 3.98. The van der Waals surface area contributed by atoms with Crippen LogP contribution >= 0.6 is 0 Å². The lowest BCUT2D eigenvalue weighted by molar-refractivity contribution is 0.0149. The molecule has 1 saturated heterocycles. The Morgan fingerprint density at radius 3 is 2.62 bits per heavy atom. The van der Waals surface area contributed by atoms with Crippen LogP contribution in [-0.4, -0.2) is 59.2 Å². The number of nitrogens with zero attached hydrogens (tertiary/aromatic N) is 4. The average molecular weight is 392 g/mol. The van der Waals surface area contributed by atoms with Crippen molar-refractivity contribution >= 4 is 5.91 Å². The zero-order valence-electron chi connectivity index (χ0n) is 16.8. The van der Waals surface area contributed by atoms with Gasteiger partial charge < -0.3 is 19.0 Å². The van der Waals surface area contributed by atoms with Crippen molar-refractivity contribution in [2.75, 3.05) is 27.2 Å². The van der Waals surface area contributed by atoms with Gasteiger partial charge in [-0.05, 0) is 56.4 Å². The Hall–Kier alpha value is -3.19. The largest absolute Gasteiger partial charge is 0.487 e. The van der Waals surface area contributed by atoms with Crippen LogP contribution in [0.2, 0.25) is 0 Å². The number of benzene rings is 2. The van der Waals surface area contributed by atoms with Crippen LogP contribution in [0, 0.1) is 6.92 Å². The summed E-state index contributed by atoms with van der Waals surface area (Å²) in [6, 6.07) is 15.5. The summed E-state index contributed by atoms with van der Waals surface area (Å²) >= 11 is 0. The molecule has 0 spiro atoms. The van der Waals surface area contributed by atoms with E-state index in [1.54, 1.807) is 4.90 Å². The van der Waals surface area contributed by atoms with Crippen molar-refractivity contribution in [1.82, 2.24) is 20.0 Å². The SMILES string of the molecule is Cc1cc(OC2CN(C(=O)c3nnc(-c4ccccc4)o3)C2)ccc1CN(C)C. The third-order valence-corrected chi connectivity index (χ3v) is 4.87. The molecule has 3 aromatic rings. The molecular weight excluding hydrogens is 368 g/mol. The number of hydrogen-bond donors (Lipinski definition) is 0. The number of aromatic nitrogens is 2. The van der Waals surface area contributed by atoms with E-state index in [9.17, 15) is 4.79 Å². The first-order valence-corrected chi connectivity index (χ1v) is 9.58. The van der Waals surface area contributed by atoms with Gasteiger partial charge in [0.2, 0.25) is 5.89 Å². The summed E-state index contributed by atoms with van der Waals surface area (Å²) in [5.74, 6) is 0.907. The molecule has 1 amide bonds. The van der Waals surface area contributed by atoms with E-state index in [1.807, 2.05) is 42.5 Å². The fraction of sp³-hybridized carbons (Fsp3) is 0.318. The van der Waals surface area contributed by atoms with Crippen molar-refractivity contribution in [2.45, 2.75) is 19.6 Å². The minimum Gasteiger partial charge on any atom is -0.487 e. The maximum atomic E-state index is 12.5. The highest BCUT2D eigenvalue weighted by molar-refractivity contribution is 5.90. The van der Waals surface area contributed by atoms with Crippen LogP contribution in [0.15, 0.2) is 52.9 Å². The molecule has 1 aliphatic heterocycles. The Kier molecular flexibility index (Phi) is 5.31. The Morgan fingerprint density at radius 1 is 1.17 bits per heavy atom. The summed E-state index contributed by atoms with van der Waals surface area (Å²) in [6.07, 6.45) is -0.0328. The molecular formula is C22H24N4O3. The van der Waals surface area contributed by atoms with Gasteiger partial charge in [0.1, 0.15) is 11.9 Å². The molecule has 2 heterocycles. The Labute approximate surface area is 169 Å². The summed E-state index contributed by atoms with van der Waals surface area (Å²) in [5, 5.41) is 7.87. The molecule has 4 rings (SSSR count). The minimum atomic E-state index is -0.267. The minimum absolute atomic E-state index is 0.00573. The molecule has 2 aromatic carbocycles. The topological polar surface area (TPSA) is 71.7 Å². The molecule has 0 aliphatic carbocycles. The van der Waals surface area contributed by atoms with Crippen LogP contribution in [0.4, 0.5) is 0 Å². The number of carbonyl (C=O) groups excluding carboxylic acids is 1. The molecule has 1 aromatic heterocycles. The van der Waals surface area contributed by atoms with Crippen molar-refractivity contribution in [1.29, 1.82) is 0 Å². The number of aryl methyl sites for hydroxylation is 1. The molecule has 0 bridgehead atoms. The van der Waals surface area contributed by atoms with Gasteiger partial charge in [-0.1, -0.05) is 24.3 Å². The third-order valence-electron chi connectivity index (χ3n) is 4.87. The molecule has 0 saturated carbocycles. The summed E-state index contributed by atoms with van der Waals surface area (Å²) in [5.41, 5.74) is 3.26. The van der Waals surface area contributed by atoms with Gasteiger partial charge in [0.25, 0.3) is 0 Å². The van der Waals surface area contributed by atoms with E-state index < -0.39 is 0 Å². The van der Waals surface area contributed by atoms with Gasteiger partial charge in [-0.3, -0.25) is 4.79 Å². The Bertz CT molecular complexity index is 994. The maximum absolute atomic E-state index is 12.5. The molecule has 7 heteroatoms. The molecule has 0 radical (unpaired) electrons. The molecule has 0 atom stereocenters. The van der Waals surface area contributed by atoms with Gasteiger partial charge in [-0.2, -0.15) is 0 Å². The van der Waals surface area contributed by atoms with Crippen LogP contribution in [0.5, 0.6) is 5.75 Å². The number of carbonyl (C=O) groups is 1. The Balaban J connectivity index is 1.33. The molecule has 1 fully saturated rings. The second-order valence-electron chi connectivity index (χ2n) is 7.55. The molecule has 150 valence electrons. The Morgan fingerprint density at radius 2 is 1.93 bits per heavy atom. The van der Waals surface area contributed by atoms with Crippen molar-refractivity contribution in [3.05, 3.63) is 65.5 Å². The van der Waals surface area contributed by atoms with Crippen molar-refractivity contribution < 1.29 is 13.9 Å². The molecule has 7 nitrogen and oxygen atoms in total. The number of hydrogen-bond acceptors (Lipinski definition) is 6. The van der Waals surface area contributed by atoms with Gasteiger partial charge in [-0.15, -0.1) is 10.2 Å². The number of likely N-dealkylation sites (tertiary alicyclic amines) is 1. The van der Waals surface area contributed by atoms with E-state index in [4.69, 9.17) is 9.15 Å². The smallest absolute Gasteiger partial charge is 0.311 e. The molecule has 0 unspecified atom stereocenters. The number of amides is 1. The maximum Gasteiger partial charge on any atom is 0.311 e. The van der Waals surface area contributed by atoms with Crippen LogP contribution < -0.4 is 4.74 Å². The van der Waals surface area contributed by atoms with E-state index in [0.717, 1.165) is 17.9 Å². The predicted molar refractivity (Wildman–Crippen MR) is 109 cm³/mol. The van der Waals surface area contributed by atoms with Gasteiger partial charge in [-0.25, -0.2) is 0 Å². The van der Waals surface area contributed by atoms with Crippen LogP contribution in [0.25, 0.3) is 11.5 Å². The highest BCUT2D eigenvalue weighted by Crippen LogP contribution is 2.24. The third kappa shape index (κ3) is 4.30. The van der Waals surface area contributed by atoms with E-state index in [1.165, 1.54) is 11.1 Å². The monoisotopic (exact) mass is 392 g/mol. The molecule has 0 N–H and O–H groups in total. The highest BCUT2D eigenvalue weighted by atomic mass is 16.5. The quantitative estimate of drug-likeness (QED) is 0.642. The first-order valence-electron chi connectivity index (χ1n) is 9.58. The molecule has 1 aliphatic rings. The second-order valence-corrected chi connectivity index (χ2v) is 7.55. The van der Waals surface area contributed by atoms with E-state index in [0.29, 0.717) is 19.0 Å². The van der Waals surface area contributed by atoms with Crippen molar-refractivity contribution in [3.8, 4) is 17.2 Å². The predicted octanol–water partition coefficient (Wildman–Crippen LogP) is 3.01. The second kappa shape index (κ2) is 8.05. The van der Waals surface area contributed by atoms with Gasteiger partial charge in [0.15, 0.2) is 0 Å². The zero-order chi connectivity index (χ0) is 20.4. The van der Waals surface area contributed by atoms with Crippen LogP contribution in [0.1, 0.15) is 21.8 Å². The fourth-order valence-corrected chi connectivity index (χ4v) is 3.27.